The number of aromatic nitrogens is 2. The summed E-state index contributed by atoms with van der Waals surface area (Å²) in [6.07, 6.45) is 4.30. The smallest absolute Gasteiger partial charge is 0.251 e. The number of hydrogen-bond donors (Lipinski definition) is 3. The molecule has 0 bridgehead atoms. The van der Waals surface area contributed by atoms with Gasteiger partial charge in [-0.2, -0.15) is 0 Å². The molecule has 0 saturated carbocycles. The molecule has 2 aromatic carbocycles. The van der Waals surface area contributed by atoms with Gasteiger partial charge < -0.3 is 20.0 Å². The van der Waals surface area contributed by atoms with Crippen molar-refractivity contribution in [3.05, 3.63) is 83.6 Å². The number of anilines is 1. The third-order valence-corrected chi connectivity index (χ3v) is 5.47. The first-order valence-electron chi connectivity index (χ1n) is 11.2. The van der Waals surface area contributed by atoms with Crippen LogP contribution < -0.4 is 10.6 Å². The van der Waals surface area contributed by atoms with Crippen molar-refractivity contribution in [1.29, 1.82) is 0 Å². The number of rotatable bonds is 9. The van der Waals surface area contributed by atoms with E-state index < -0.39 is 0 Å². The number of hydrogen-bond acceptors (Lipinski definition) is 4. The molecule has 0 unspecified atom stereocenters. The topological polar surface area (TPSA) is 100 Å². The van der Waals surface area contributed by atoms with Gasteiger partial charge in [0, 0.05) is 36.6 Å². The molecule has 2 amide bonds. The molecule has 3 N–H and O–H groups in total. The second-order valence-electron chi connectivity index (χ2n) is 8.17. The number of benzene rings is 2. The number of carbonyl (C=O) groups is 2. The van der Waals surface area contributed by atoms with E-state index in [9.17, 15) is 9.59 Å². The van der Waals surface area contributed by atoms with Gasteiger partial charge in [-0.25, -0.2) is 4.98 Å². The van der Waals surface area contributed by atoms with Crippen LogP contribution in [-0.4, -0.2) is 27.8 Å². The minimum atomic E-state index is -0.123. The molecule has 0 aliphatic heterocycles. The SMILES string of the molecule is CCC(=O)Nc1ccc(CCc2nc3ccc(C(=O)N[C@@H](C)Cc4ccco4)cc3[nH]2)cc1. The van der Waals surface area contributed by atoms with Gasteiger partial charge in [-0.3, -0.25) is 9.59 Å². The van der Waals surface area contributed by atoms with E-state index in [4.69, 9.17) is 4.42 Å². The quantitative estimate of drug-likeness (QED) is 0.350. The van der Waals surface area contributed by atoms with Gasteiger partial charge in [-0.15, -0.1) is 0 Å². The van der Waals surface area contributed by atoms with Crippen LogP contribution in [0.3, 0.4) is 0 Å². The maximum absolute atomic E-state index is 12.7. The zero-order valence-corrected chi connectivity index (χ0v) is 18.9. The molecule has 7 nitrogen and oxygen atoms in total. The summed E-state index contributed by atoms with van der Waals surface area (Å²) in [4.78, 5) is 32.1. The molecule has 0 spiro atoms. The number of amides is 2. The Kier molecular flexibility index (Phi) is 6.88. The minimum Gasteiger partial charge on any atom is -0.469 e. The Bertz CT molecular complexity index is 1230. The number of aromatic amines is 1. The molecule has 2 aromatic heterocycles. The molecule has 0 radical (unpaired) electrons. The lowest BCUT2D eigenvalue weighted by Crippen LogP contribution is -2.33. The van der Waals surface area contributed by atoms with Crippen molar-refractivity contribution in [1.82, 2.24) is 15.3 Å². The van der Waals surface area contributed by atoms with Crippen molar-refractivity contribution in [2.45, 2.75) is 45.6 Å². The lowest BCUT2D eigenvalue weighted by atomic mass is 10.1. The summed E-state index contributed by atoms with van der Waals surface area (Å²) >= 11 is 0. The summed E-state index contributed by atoms with van der Waals surface area (Å²) in [6.45, 7) is 3.78. The van der Waals surface area contributed by atoms with Crippen molar-refractivity contribution >= 4 is 28.5 Å². The molecule has 7 heteroatoms. The van der Waals surface area contributed by atoms with Gasteiger partial charge in [-0.1, -0.05) is 19.1 Å². The standard InChI is InChI=1S/C26H28N4O3/c1-3-25(31)28-20-10-6-18(7-11-20)8-13-24-29-22-12-9-19(16-23(22)30-24)26(32)27-17(2)15-21-5-4-14-33-21/h4-7,9-12,14,16-17H,3,8,13,15H2,1-2H3,(H,27,32)(H,28,31)(H,29,30)/t17-/m0/s1. The average Bonchev–Trinajstić information content (AvgIpc) is 3.47. The van der Waals surface area contributed by atoms with E-state index in [1.54, 1.807) is 12.3 Å². The van der Waals surface area contributed by atoms with Crippen molar-refractivity contribution in [3.63, 3.8) is 0 Å². The molecular formula is C26H28N4O3. The highest BCUT2D eigenvalue weighted by Crippen LogP contribution is 2.17. The molecule has 0 aliphatic carbocycles. The average molecular weight is 445 g/mol. The zero-order valence-electron chi connectivity index (χ0n) is 18.9. The number of fused-ring (bicyclic) bond motifs is 1. The monoisotopic (exact) mass is 444 g/mol. The van der Waals surface area contributed by atoms with Gasteiger partial charge in [-0.05, 0) is 61.4 Å². The van der Waals surface area contributed by atoms with Crippen molar-refractivity contribution in [3.8, 4) is 0 Å². The first-order valence-corrected chi connectivity index (χ1v) is 11.2. The van der Waals surface area contributed by atoms with Crippen LogP contribution in [0, 0.1) is 0 Å². The van der Waals surface area contributed by atoms with Crippen LogP contribution in [0.4, 0.5) is 5.69 Å². The second kappa shape index (κ2) is 10.2. The predicted molar refractivity (Wildman–Crippen MR) is 128 cm³/mol. The Labute approximate surface area is 192 Å². The van der Waals surface area contributed by atoms with Gasteiger partial charge in [0.25, 0.3) is 5.91 Å². The number of aryl methyl sites for hydroxylation is 2. The molecule has 170 valence electrons. The lowest BCUT2D eigenvalue weighted by Gasteiger charge is -2.12. The highest BCUT2D eigenvalue weighted by Gasteiger charge is 2.13. The summed E-state index contributed by atoms with van der Waals surface area (Å²) in [6, 6.07) is 17.1. The van der Waals surface area contributed by atoms with Gasteiger partial charge in [0.2, 0.25) is 5.91 Å². The first kappa shape index (κ1) is 22.3. The maximum atomic E-state index is 12.7. The van der Waals surface area contributed by atoms with E-state index in [0.29, 0.717) is 18.4 Å². The molecule has 1 atom stereocenters. The largest absolute Gasteiger partial charge is 0.469 e. The highest BCUT2D eigenvalue weighted by molar-refractivity contribution is 5.97. The molecule has 33 heavy (non-hydrogen) atoms. The maximum Gasteiger partial charge on any atom is 0.251 e. The summed E-state index contributed by atoms with van der Waals surface area (Å²) in [5, 5.41) is 5.87. The normalized spacial score (nSPS) is 11.9. The zero-order chi connectivity index (χ0) is 23.2. The molecule has 0 aliphatic rings. The van der Waals surface area contributed by atoms with Crippen molar-refractivity contribution in [2.75, 3.05) is 5.32 Å². The summed E-state index contributed by atoms with van der Waals surface area (Å²) in [7, 11) is 0. The minimum absolute atomic E-state index is 0.00468. The van der Waals surface area contributed by atoms with Crippen LogP contribution in [0.2, 0.25) is 0 Å². The van der Waals surface area contributed by atoms with Crippen LogP contribution in [-0.2, 0) is 24.1 Å². The molecule has 0 saturated heterocycles. The van der Waals surface area contributed by atoms with Crippen LogP contribution in [0.15, 0.2) is 65.3 Å². The fourth-order valence-electron chi connectivity index (χ4n) is 3.68. The molecule has 4 rings (SSSR count). The van der Waals surface area contributed by atoms with Gasteiger partial charge in [0.1, 0.15) is 11.6 Å². The van der Waals surface area contributed by atoms with E-state index in [-0.39, 0.29) is 17.9 Å². The van der Waals surface area contributed by atoms with Gasteiger partial charge in [0.15, 0.2) is 0 Å². The molecule has 0 fully saturated rings. The molecule has 2 heterocycles. The second-order valence-corrected chi connectivity index (χ2v) is 8.17. The molecular weight excluding hydrogens is 416 g/mol. The lowest BCUT2D eigenvalue weighted by molar-refractivity contribution is -0.115. The van der Waals surface area contributed by atoms with Crippen LogP contribution in [0.25, 0.3) is 11.0 Å². The van der Waals surface area contributed by atoms with Gasteiger partial charge in [0.05, 0.1) is 17.3 Å². The Hall–Kier alpha value is -3.87. The van der Waals surface area contributed by atoms with Crippen molar-refractivity contribution < 1.29 is 14.0 Å². The van der Waals surface area contributed by atoms with E-state index >= 15 is 0 Å². The Morgan fingerprint density at radius 3 is 2.64 bits per heavy atom. The van der Waals surface area contributed by atoms with Crippen LogP contribution in [0.5, 0.6) is 0 Å². The Morgan fingerprint density at radius 2 is 1.91 bits per heavy atom. The number of carbonyl (C=O) groups excluding carboxylic acids is 2. The predicted octanol–water partition coefficient (Wildman–Crippen LogP) is 4.65. The third-order valence-electron chi connectivity index (χ3n) is 5.47. The number of furan rings is 1. The van der Waals surface area contributed by atoms with E-state index in [0.717, 1.165) is 46.7 Å². The summed E-state index contributed by atoms with van der Waals surface area (Å²) in [5.41, 5.74) is 4.24. The number of nitrogens with zero attached hydrogens (tertiary/aromatic N) is 1. The van der Waals surface area contributed by atoms with Crippen molar-refractivity contribution in [2.24, 2.45) is 0 Å². The Morgan fingerprint density at radius 1 is 1.09 bits per heavy atom. The first-order chi connectivity index (χ1) is 16.0. The Balaban J connectivity index is 1.35. The number of imidazole rings is 1. The molecule has 4 aromatic rings. The fourth-order valence-corrected chi connectivity index (χ4v) is 3.68. The van der Waals surface area contributed by atoms with E-state index in [2.05, 4.69) is 20.6 Å². The van der Waals surface area contributed by atoms with Gasteiger partial charge >= 0.3 is 0 Å². The highest BCUT2D eigenvalue weighted by atomic mass is 16.3. The number of nitrogens with one attached hydrogen (secondary N) is 3. The summed E-state index contributed by atoms with van der Waals surface area (Å²) < 4.78 is 5.35. The van der Waals surface area contributed by atoms with E-state index in [1.807, 2.05) is 62.4 Å². The fraction of sp³-hybridized carbons (Fsp3) is 0.269. The third kappa shape index (κ3) is 5.88. The van der Waals surface area contributed by atoms with E-state index in [1.165, 1.54) is 0 Å². The van der Waals surface area contributed by atoms with Crippen LogP contribution in [0.1, 0.15) is 47.8 Å². The number of H-pyrrole nitrogens is 1. The summed E-state index contributed by atoms with van der Waals surface area (Å²) in [5.74, 6) is 1.60. The van der Waals surface area contributed by atoms with Crippen LogP contribution >= 0.6 is 0 Å².